The first-order valence-electron chi connectivity index (χ1n) is 4.24. The average Bonchev–Trinajstić information content (AvgIpc) is 2.04. The molecule has 4 nitrogen and oxygen atoms in total. The summed E-state index contributed by atoms with van der Waals surface area (Å²) < 4.78 is 0. The summed E-state index contributed by atoms with van der Waals surface area (Å²) in [6.45, 7) is 5.48. The third-order valence-corrected chi connectivity index (χ3v) is 1.92. The van der Waals surface area contributed by atoms with E-state index in [1.54, 1.807) is 13.8 Å². The molecule has 72 valence electrons. The third kappa shape index (κ3) is 3.79. The van der Waals surface area contributed by atoms with E-state index in [1.807, 2.05) is 6.92 Å². The largest absolute Gasteiger partial charge is 0.235 e. The lowest BCUT2D eigenvalue weighted by atomic mass is 9.92. The van der Waals surface area contributed by atoms with E-state index in [-0.39, 0.29) is 6.04 Å². The second kappa shape index (κ2) is 5.41. The van der Waals surface area contributed by atoms with Crippen molar-refractivity contribution in [3.8, 4) is 0 Å². The fourth-order valence-electron chi connectivity index (χ4n) is 1.10. The van der Waals surface area contributed by atoms with Crippen LogP contribution in [-0.2, 0) is 9.59 Å². The first kappa shape index (κ1) is 11.8. The van der Waals surface area contributed by atoms with Gasteiger partial charge in [-0.1, -0.05) is 13.3 Å². The van der Waals surface area contributed by atoms with Crippen LogP contribution in [-0.4, -0.2) is 23.7 Å². The molecule has 0 aromatic carbocycles. The van der Waals surface area contributed by atoms with Gasteiger partial charge in [-0.25, -0.2) is 9.59 Å². The van der Waals surface area contributed by atoms with Gasteiger partial charge in [-0.3, -0.25) is 0 Å². The molecule has 0 saturated heterocycles. The number of carbonyl (C=O) groups excluding carboxylic acids is 2. The maximum atomic E-state index is 10.1. The van der Waals surface area contributed by atoms with Crippen LogP contribution in [0.25, 0.3) is 0 Å². The van der Waals surface area contributed by atoms with E-state index >= 15 is 0 Å². The molecule has 0 bridgehead atoms. The van der Waals surface area contributed by atoms with Gasteiger partial charge in [0, 0.05) is 0 Å². The molecule has 0 aromatic heterocycles. The Morgan fingerprint density at radius 2 is 1.92 bits per heavy atom. The molecular formula is C9H14N2O2. The molecule has 4 heteroatoms. The fraction of sp³-hybridized carbons (Fsp3) is 0.778. The minimum absolute atomic E-state index is 0.281. The molecule has 0 aliphatic heterocycles. The Morgan fingerprint density at radius 1 is 1.31 bits per heavy atom. The average molecular weight is 182 g/mol. The van der Waals surface area contributed by atoms with E-state index in [9.17, 15) is 9.59 Å². The Balaban J connectivity index is 4.69. The van der Waals surface area contributed by atoms with Crippen molar-refractivity contribution in [1.29, 1.82) is 0 Å². The Kier molecular flexibility index (Phi) is 4.90. The second-order valence-electron chi connectivity index (χ2n) is 3.38. The first-order chi connectivity index (χ1) is 6.08. The van der Waals surface area contributed by atoms with Crippen LogP contribution in [0.2, 0.25) is 0 Å². The summed E-state index contributed by atoms with van der Waals surface area (Å²) in [6.07, 6.45) is 4.59. The summed E-state index contributed by atoms with van der Waals surface area (Å²) in [7, 11) is 0. The van der Waals surface area contributed by atoms with E-state index < -0.39 is 5.54 Å². The van der Waals surface area contributed by atoms with Gasteiger partial charge in [0.1, 0.15) is 0 Å². The number of hydrogen-bond acceptors (Lipinski definition) is 4. The molecule has 0 saturated carbocycles. The van der Waals surface area contributed by atoms with Crippen molar-refractivity contribution in [2.75, 3.05) is 0 Å². The van der Waals surface area contributed by atoms with Gasteiger partial charge in [0.25, 0.3) is 0 Å². The maximum absolute atomic E-state index is 10.1. The van der Waals surface area contributed by atoms with Crippen LogP contribution in [0.5, 0.6) is 0 Å². The van der Waals surface area contributed by atoms with Gasteiger partial charge >= 0.3 is 0 Å². The summed E-state index contributed by atoms with van der Waals surface area (Å²) in [5.41, 5.74) is -0.658. The van der Waals surface area contributed by atoms with E-state index in [4.69, 9.17) is 0 Å². The van der Waals surface area contributed by atoms with E-state index in [0.717, 1.165) is 6.42 Å². The molecule has 13 heavy (non-hydrogen) atoms. The van der Waals surface area contributed by atoms with Crippen molar-refractivity contribution in [2.45, 2.75) is 45.2 Å². The van der Waals surface area contributed by atoms with Crippen molar-refractivity contribution >= 4 is 12.2 Å². The predicted octanol–water partition coefficient (Wildman–Crippen LogP) is 1.61. The number of aliphatic imine (C=N–C) groups is 2. The van der Waals surface area contributed by atoms with Gasteiger partial charge in [-0.2, -0.15) is 9.98 Å². The van der Waals surface area contributed by atoms with Crippen LogP contribution in [0.4, 0.5) is 0 Å². The van der Waals surface area contributed by atoms with Crippen LogP contribution in [0.15, 0.2) is 9.98 Å². The highest BCUT2D eigenvalue weighted by molar-refractivity contribution is 5.37. The molecule has 0 radical (unpaired) electrons. The highest BCUT2D eigenvalue weighted by Crippen LogP contribution is 2.21. The molecule has 1 atom stereocenters. The monoisotopic (exact) mass is 182 g/mol. The smallest absolute Gasteiger partial charge is 0.211 e. The van der Waals surface area contributed by atoms with Crippen LogP contribution in [0.3, 0.4) is 0 Å². The van der Waals surface area contributed by atoms with E-state index in [0.29, 0.717) is 6.42 Å². The van der Waals surface area contributed by atoms with E-state index in [1.165, 1.54) is 12.2 Å². The Morgan fingerprint density at radius 3 is 2.31 bits per heavy atom. The lowest BCUT2D eigenvalue weighted by molar-refractivity contribution is 0.386. The number of isocyanates is 2. The molecular weight excluding hydrogens is 168 g/mol. The maximum Gasteiger partial charge on any atom is 0.235 e. The first-order valence-corrected chi connectivity index (χ1v) is 4.24. The molecule has 0 amide bonds. The molecule has 0 fully saturated rings. The van der Waals surface area contributed by atoms with E-state index in [2.05, 4.69) is 9.98 Å². The molecule has 0 aliphatic rings. The molecule has 0 aliphatic carbocycles. The Bertz CT molecular complexity index is 248. The highest BCUT2D eigenvalue weighted by Gasteiger charge is 2.28. The third-order valence-electron chi connectivity index (χ3n) is 1.92. The number of nitrogens with zero attached hydrogens (tertiary/aromatic N) is 2. The Hall–Kier alpha value is -1.24. The predicted molar refractivity (Wildman–Crippen MR) is 49.0 cm³/mol. The quantitative estimate of drug-likeness (QED) is 0.479. The SMILES string of the molecule is CCCC(N=C=O)C(C)(C)N=C=O. The number of rotatable bonds is 5. The van der Waals surface area contributed by atoms with Crippen LogP contribution in [0.1, 0.15) is 33.6 Å². The summed E-state index contributed by atoms with van der Waals surface area (Å²) in [5, 5.41) is 0. The fourth-order valence-corrected chi connectivity index (χ4v) is 1.10. The summed E-state index contributed by atoms with van der Waals surface area (Å²) in [6, 6.07) is -0.281. The zero-order chi connectivity index (χ0) is 10.3. The molecule has 1 unspecified atom stereocenters. The second-order valence-corrected chi connectivity index (χ2v) is 3.38. The topological polar surface area (TPSA) is 58.9 Å². The van der Waals surface area contributed by atoms with Crippen molar-refractivity contribution in [3.63, 3.8) is 0 Å². The lowest BCUT2D eigenvalue weighted by Gasteiger charge is -2.23. The molecule has 0 N–H and O–H groups in total. The van der Waals surface area contributed by atoms with Crippen molar-refractivity contribution in [2.24, 2.45) is 9.98 Å². The highest BCUT2D eigenvalue weighted by atomic mass is 16.1. The lowest BCUT2D eigenvalue weighted by Crippen LogP contribution is -2.32. The summed E-state index contributed by atoms with van der Waals surface area (Å²) in [4.78, 5) is 27.5. The van der Waals surface area contributed by atoms with Gasteiger partial charge in [-0.15, -0.1) is 0 Å². The normalized spacial score (nSPS) is 12.5. The van der Waals surface area contributed by atoms with Crippen molar-refractivity contribution in [3.05, 3.63) is 0 Å². The standard InChI is InChI=1S/C9H14N2O2/c1-4-5-8(10-6-12)9(2,3)11-7-13/h8H,4-5H2,1-3H3. The molecule has 0 rings (SSSR count). The number of hydrogen-bond donors (Lipinski definition) is 0. The van der Waals surface area contributed by atoms with Gasteiger partial charge in [0.15, 0.2) is 0 Å². The van der Waals surface area contributed by atoms with Crippen LogP contribution < -0.4 is 0 Å². The van der Waals surface area contributed by atoms with Gasteiger partial charge in [-0.05, 0) is 20.3 Å². The molecule has 0 heterocycles. The van der Waals surface area contributed by atoms with Gasteiger partial charge in [0.05, 0.1) is 11.6 Å². The van der Waals surface area contributed by atoms with Crippen molar-refractivity contribution < 1.29 is 9.59 Å². The minimum Gasteiger partial charge on any atom is -0.211 e. The zero-order valence-electron chi connectivity index (χ0n) is 8.20. The van der Waals surface area contributed by atoms with Crippen LogP contribution in [0, 0.1) is 0 Å². The molecule has 0 spiro atoms. The van der Waals surface area contributed by atoms with Gasteiger partial charge < -0.3 is 0 Å². The molecule has 0 aromatic rings. The summed E-state index contributed by atoms with van der Waals surface area (Å²) >= 11 is 0. The zero-order valence-corrected chi connectivity index (χ0v) is 8.20. The summed E-state index contributed by atoms with van der Waals surface area (Å²) in [5.74, 6) is 0. The Labute approximate surface area is 77.8 Å². The van der Waals surface area contributed by atoms with Crippen molar-refractivity contribution in [1.82, 2.24) is 0 Å². The van der Waals surface area contributed by atoms with Crippen LogP contribution >= 0.6 is 0 Å². The van der Waals surface area contributed by atoms with Gasteiger partial charge in [0.2, 0.25) is 12.2 Å². The minimum atomic E-state index is -0.658.